The Morgan fingerprint density at radius 1 is 1.21 bits per heavy atom. The first-order chi connectivity index (χ1) is 9.13. The number of carbonyl (C=O) groups excluding carboxylic acids is 2. The van der Waals surface area contributed by atoms with Crippen LogP contribution in [0.5, 0.6) is 0 Å². The third kappa shape index (κ3) is 6.31. The first-order valence-corrected chi connectivity index (χ1v) is 6.55. The normalized spacial score (nSPS) is 9.79. The monoisotopic (exact) mass is 304 g/mol. The van der Waals surface area contributed by atoms with E-state index in [0.717, 1.165) is 0 Å². The Labute approximate surface area is 121 Å². The Morgan fingerprint density at radius 3 is 2.63 bits per heavy atom. The molecule has 1 rings (SSSR count). The van der Waals surface area contributed by atoms with Crippen molar-refractivity contribution in [1.29, 1.82) is 0 Å². The van der Waals surface area contributed by atoms with Crippen LogP contribution in [-0.4, -0.2) is 37.6 Å². The summed E-state index contributed by atoms with van der Waals surface area (Å²) in [5.41, 5.74) is 0.470. The van der Waals surface area contributed by atoms with Crippen LogP contribution < -0.4 is 10.6 Å². The van der Waals surface area contributed by atoms with Gasteiger partial charge in [0.05, 0.1) is 5.88 Å². The highest BCUT2D eigenvalue weighted by atomic mass is 35.5. The van der Waals surface area contributed by atoms with Gasteiger partial charge in [-0.1, -0.05) is 17.7 Å². The minimum Gasteiger partial charge on any atom is -0.448 e. The molecular formula is C12H14Cl2N2O3. The van der Waals surface area contributed by atoms with Gasteiger partial charge in [0.25, 0.3) is 5.91 Å². The zero-order chi connectivity index (χ0) is 14.1. The van der Waals surface area contributed by atoms with E-state index in [-0.39, 0.29) is 24.9 Å². The fourth-order valence-electron chi connectivity index (χ4n) is 1.25. The van der Waals surface area contributed by atoms with E-state index in [4.69, 9.17) is 23.2 Å². The summed E-state index contributed by atoms with van der Waals surface area (Å²) in [6, 6.07) is 6.61. The molecular weight excluding hydrogens is 291 g/mol. The Hall–Kier alpha value is -1.46. The molecule has 5 nitrogen and oxygen atoms in total. The highest BCUT2D eigenvalue weighted by molar-refractivity contribution is 6.30. The van der Waals surface area contributed by atoms with E-state index >= 15 is 0 Å². The van der Waals surface area contributed by atoms with E-state index in [1.165, 1.54) is 0 Å². The number of amides is 2. The van der Waals surface area contributed by atoms with Crippen LogP contribution in [0.4, 0.5) is 4.79 Å². The highest BCUT2D eigenvalue weighted by Crippen LogP contribution is 2.10. The maximum absolute atomic E-state index is 11.7. The maximum atomic E-state index is 11.7. The molecule has 0 fully saturated rings. The number of hydrogen-bond donors (Lipinski definition) is 2. The van der Waals surface area contributed by atoms with E-state index in [1.54, 1.807) is 24.3 Å². The smallest absolute Gasteiger partial charge is 0.407 e. The van der Waals surface area contributed by atoms with Crippen molar-refractivity contribution in [1.82, 2.24) is 10.6 Å². The minimum atomic E-state index is -0.558. The minimum absolute atomic E-state index is 0.155. The van der Waals surface area contributed by atoms with Gasteiger partial charge in [0.1, 0.15) is 6.61 Å². The van der Waals surface area contributed by atoms with Gasteiger partial charge < -0.3 is 15.4 Å². The average Bonchev–Trinajstić information content (AvgIpc) is 2.41. The predicted octanol–water partition coefficient (Wildman–Crippen LogP) is 2.03. The quantitative estimate of drug-likeness (QED) is 0.624. The number of carbonyl (C=O) groups is 2. The van der Waals surface area contributed by atoms with Crippen molar-refractivity contribution in [3.8, 4) is 0 Å². The van der Waals surface area contributed by atoms with Crippen LogP contribution >= 0.6 is 23.2 Å². The molecule has 1 aromatic rings. The number of hydrogen-bond acceptors (Lipinski definition) is 3. The van der Waals surface area contributed by atoms with Crippen LogP contribution in [0.15, 0.2) is 24.3 Å². The molecule has 2 N–H and O–H groups in total. The van der Waals surface area contributed by atoms with Crippen molar-refractivity contribution in [3.05, 3.63) is 34.9 Å². The van der Waals surface area contributed by atoms with Crippen LogP contribution in [-0.2, 0) is 4.74 Å². The summed E-state index contributed by atoms with van der Waals surface area (Å²) in [6.45, 7) is 0.719. The fraction of sp³-hybridized carbons (Fsp3) is 0.333. The second kappa shape index (κ2) is 8.61. The van der Waals surface area contributed by atoms with Gasteiger partial charge in [-0.2, -0.15) is 0 Å². The lowest BCUT2D eigenvalue weighted by Gasteiger charge is -2.07. The number of benzene rings is 1. The summed E-state index contributed by atoms with van der Waals surface area (Å²) in [6.07, 6.45) is -0.558. The SMILES string of the molecule is O=C(NCCNC(=O)c1cccc(Cl)c1)OCCCl. The van der Waals surface area contributed by atoms with Gasteiger partial charge in [0.15, 0.2) is 0 Å². The first kappa shape index (κ1) is 15.6. The number of rotatable bonds is 6. The number of alkyl carbamates (subject to hydrolysis) is 1. The number of nitrogens with one attached hydrogen (secondary N) is 2. The van der Waals surface area contributed by atoms with Crippen molar-refractivity contribution in [2.24, 2.45) is 0 Å². The Balaban J connectivity index is 2.22. The Bertz CT molecular complexity index is 441. The van der Waals surface area contributed by atoms with Crippen LogP contribution in [0.25, 0.3) is 0 Å². The predicted molar refractivity (Wildman–Crippen MR) is 73.9 cm³/mol. The molecule has 0 aromatic heterocycles. The van der Waals surface area contributed by atoms with Crippen molar-refractivity contribution < 1.29 is 14.3 Å². The van der Waals surface area contributed by atoms with Crippen LogP contribution in [0.2, 0.25) is 5.02 Å². The summed E-state index contributed by atoms with van der Waals surface area (Å²) in [5.74, 6) is -0.00253. The fourth-order valence-corrected chi connectivity index (χ4v) is 1.52. The molecule has 0 bridgehead atoms. The molecule has 1 aromatic carbocycles. The number of ether oxygens (including phenoxy) is 1. The van der Waals surface area contributed by atoms with E-state index in [2.05, 4.69) is 15.4 Å². The van der Waals surface area contributed by atoms with Crippen LogP contribution in [0.3, 0.4) is 0 Å². The van der Waals surface area contributed by atoms with E-state index in [0.29, 0.717) is 17.1 Å². The maximum Gasteiger partial charge on any atom is 0.407 e. The summed E-state index contributed by atoms with van der Waals surface area (Å²) in [5, 5.41) is 5.61. The third-order valence-corrected chi connectivity index (χ3v) is 2.47. The first-order valence-electron chi connectivity index (χ1n) is 5.64. The standard InChI is InChI=1S/C12H14Cl2N2O3/c13-4-7-19-12(18)16-6-5-15-11(17)9-2-1-3-10(14)8-9/h1-3,8H,4-7H2,(H,15,17)(H,16,18). The van der Waals surface area contributed by atoms with E-state index < -0.39 is 6.09 Å². The topological polar surface area (TPSA) is 67.4 Å². The summed E-state index contributed by atoms with van der Waals surface area (Å²) in [7, 11) is 0. The molecule has 0 heterocycles. The Kier molecular flexibility index (Phi) is 7.07. The summed E-state index contributed by atoms with van der Waals surface area (Å²) in [4.78, 5) is 22.7. The molecule has 0 atom stereocenters. The second-order valence-corrected chi connectivity index (χ2v) is 4.33. The molecule has 0 saturated heterocycles. The van der Waals surface area contributed by atoms with Crippen molar-refractivity contribution >= 4 is 35.2 Å². The molecule has 19 heavy (non-hydrogen) atoms. The molecule has 0 radical (unpaired) electrons. The van der Waals surface area contributed by atoms with E-state index in [1.807, 2.05) is 0 Å². The van der Waals surface area contributed by atoms with Crippen molar-refractivity contribution in [2.75, 3.05) is 25.6 Å². The molecule has 0 unspecified atom stereocenters. The third-order valence-electron chi connectivity index (χ3n) is 2.08. The highest BCUT2D eigenvalue weighted by Gasteiger charge is 2.05. The van der Waals surface area contributed by atoms with Crippen molar-refractivity contribution in [3.63, 3.8) is 0 Å². The van der Waals surface area contributed by atoms with Gasteiger partial charge in [-0.15, -0.1) is 11.6 Å². The molecule has 0 spiro atoms. The molecule has 0 aliphatic heterocycles. The lowest BCUT2D eigenvalue weighted by atomic mass is 10.2. The molecule has 0 aliphatic rings. The zero-order valence-electron chi connectivity index (χ0n) is 10.1. The molecule has 7 heteroatoms. The second-order valence-electron chi connectivity index (χ2n) is 3.52. The summed E-state index contributed by atoms with van der Waals surface area (Å²) >= 11 is 11.1. The van der Waals surface area contributed by atoms with Gasteiger partial charge in [-0.25, -0.2) is 4.79 Å². The van der Waals surface area contributed by atoms with Crippen LogP contribution in [0, 0.1) is 0 Å². The molecule has 2 amide bonds. The van der Waals surface area contributed by atoms with Gasteiger partial charge in [0, 0.05) is 23.7 Å². The Morgan fingerprint density at radius 2 is 1.95 bits per heavy atom. The van der Waals surface area contributed by atoms with Gasteiger partial charge in [-0.05, 0) is 18.2 Å². The van der Waals surface area contributed by atoms with Crippen LogP contribution in [0.1, 0.15) is 10.4 Å². The van der Waals surface area contributed by atoms with Crippen molar-refractivity contribution in [2.45, 2.75) is 0 Å². The molecule has 104 valence electrons. The zero-order valence-corrected chi connectivity index (χ0v) is 11.6. The number of alkyl halides is 1. The molecule has 0 saturated carbocycles. The van der Waals surface area contributed by atoms with Gasteiger partial charge in [0.2, 0.25) is 0 Å². The number of halogens is 2. The van der Waals surface area contributed by atoms with E-state index in [9.17, 15) is 9.59 Å². The van der Waals surface area contributed by atoms with Gasteiger partial charge >= 0.3 is 6.09 Å². The summed E-state index contributed by atoms with van der Waals surface area (Å²) < 4.78 is 4.69. The lowest BCUT2D eigenvalue weighted by molar-refractivity contribution is 0.0952. The molecule has 0 aliphatic carbocycles. The average molecular weight is 305 g/mol. The van der Waals surface area contributed by atoms with Gasteiger partial charge in [-0.3, -0.25) is 4.79 Å². The largest absolute Gasteiger partial charge is 0.448 e. The lowest BCUT2D eigenvalue weighted by Crippen LogP contribution is -2.35.